The summed E-state index contributed by atoms with van der Waals surface area (Å²) in [5.41, 5.74) is 5.62. The van der Waals surface area contributed by atoms with E-state index in [2.05, 4.69) is 10.2 Å². The molecule has 106 valence electrons. The first-order chi connectivity index (χ1) is 8.68. The fourth-order valence-corrected chi connectivity index (χ4v) is 2.34. The third-order valence-electron chi connectivity index (χ3n) is 3.50. The summed E-state index contributed by atoms with van der Waals surface area (Å²) in [6.45, 7) is 6.33. The van der Waals surface area contributed by atoms with Crippen LogP contribution in [0.15, 0.2) is 0 Å². The Kier molecular flexibility index (Phi) is 8.01. The van der Waals surface area contributed by atoms with E-state index >= 15 is 0 Å². The number of carbonyl (C=O) groups excluding carboxylic acids is 1. The highest BCUT2D eigenvalue weighted by Crippen LogP contribution is 2.09. The van der Waals surface area contributed by atoms with Crippen molar-refractivity contribution < 1.29 is 4.79 Å². The van der Waals surface area contributed by atoms with Crippen LogP contribution in [0.2, 0.25) is 0 Å². The second kappa shape index (κ2) is 9.34. The zero-order valence-electron chi connectivity index (χ0n) is 11.8. The van der Waals surface area contributed by atoms with E-state index in [1.807, 2.05) is 6.92 Å². The van der Waals surface area contributed by atoms with Gasteiger partial charge in [0.05, 0.1) is 0 Å². The predicted octanol–water partition coefficient (Wildman–Crippen LogP) is 1.50. The summed E-state index contributed by atoms with van der Waals surface area (Å²) in [5.74, 6) is 0.142. The Morgan fingerprint density at radius 1 is 1.28 bits per heavy atom. The summed E-state index contributed by atoms with van der Waals surface area (Å²) in [5, 5.41) is 2.97. The van der Waals surface area contributed by atoms with Crippen molar-refractivity contribution in [1.82, 2.24) is 10.2 Å². The van der Waals surface area contributed by atoms with Gasteiger partial charge in [-0.3, -0.25) is 4.79 Å². The lowest BCUT2D eigenvalue weighted by Crippen LogP contribution is -2.31. The first-order valence-electron chi connectivity index (χ1n) is 7.43. The normalized spacial score (nSPS) is 19.2. The molecule has 1 aliphatic rings. The number of rotatable bonds is 7. The summed E-state index contributed by atoms with van der Waals surface area (Å²) >= 11 is 0. The van der Waals surface area contributed by atoms with E-state index in [1.165, 1.54) is 38.8 Å². The summed E-state index contributed by atoms with van der Waals surface area (Å²) in [4.78, 5) is 14.0. The quantitative estimate of drug-likeness (QED) is 0.678. The standard InChI is InChI=1S/C14H29N3O/c1-13(15)7-8-14(18)16-9-6-12-17-10-4-2-3-5-11-17/h13H,2-12,15H2,1H3,(H,16,18). The fourth-order valence-electron chi connectivity index (χ4n) is 2.34. The lowest BCUT2D eigenvalue weighted by atomic mass is 10.2. The molecule has 0 saturated carbocycles. The van der Waals surface area contributed by atoms with Gasteiger partial charge in [0.25, 0.3) is 0 Å². The van der Waals surface area contributed by atoms with Crippen molar-refractivity contribution in [1.29, 1.82) is 0 Å². The van der Waals surface area contributed by atoms with Crippen LogP contribution in [0.25, 0.3) is 0 Å². The van der Waals surface area contributed by atoms with Crippen molar-refractivity contribution >= 4 is 5.91 Å². The van der Waals surface area contributed by atoms with Crippen molar-refractivity contribution in [3.8, 4) is 0 Å². The first-order valence-corrected chi connectivity index (χ1v) is 7.43. The van der Waals surface area contributed by atoms with Gasteiger partial charge in [0, 0.05) is 19.0 Å². The summed E-state index contributed by atoms with van der Waals surface area (Å²) in [6, 6.07) is 0.118. The lowest BCUT2D eigenvalue weighted by Gasteiger charge is -2.19. The van der Waals surface area contributed by atoms with Crippen molar-refractivity contribution in [3.05, 3.63) is 0 Å². The maximum absolute atomic E-state index is 11.5. The Balaban J connectivity index is 1.98. The van der Waals surface area contributed by atoms with Gasteiger partial charge >= 0.3 is 0 Å². The average Bonchev–Trinajstić information content (AvgIpc) is 2.60. The molecule has 1 heterocycles. The molecular weight excluding hydrogens is 226 g/mol. The second-order valence-electron chi connectivity index (χ2n) is 5.48. The number of carbonyl (C=O) groups is 1. The third kappa shape index (κ3) is 7.67. The smallest absolute Gasteiger partial charge is 0.220 e. The monoisotopic (exact) mass is 255 g/mol. The van der Waals surface area contributed by atoms with Crippen LogP contribution in [-0.4, -0.2) is 43.0 Å². The van der Waals surface area contributed by atoms with E-state index in [-0.39, 0.29) is 11.9 Å². The molecule has 0 aliphatic carbocycles. The number of nitrogens with zero attached hydrogens (tertiary/aromatic N) is 1. The highest BCUT2D eigenvalue weighted by atomic mass is 16.1. The van der Waals surface area contributed by atoms with Gasteiger partial charge in [0.15, 0.2) is 0 Å². The Hall–Kier alpha value is -0.610. The van der Waals surface area contributed by atoms with Crippen LogP contribution in [0.5, 0.6) is 0 Å². The molecular formula is C14H29N3O. The van der Waals surface area contributed by atoms with Gasteiger partial charge in [-0.15, -0.1) is 0 Å². The maximum Gasteiger partial charge on any atom is 0.220 e. The van der Waals surface area contributed by atoms with Gasteiger partial charge in [-0.05, 0) is 52.2 Å². The van der Waals surface area contributed by atoms with Gasteiger partial charge in [-0.25, -0.2) is 0 Å². The largest absolute Gasteiger partial charge is 0.356 e. The summed E-state index contributed by atoms with van der Waals surface area (Å²) < 4.78 is 0. The molecule has 0 aromatic carbocycles. The van der Waals surface area contributed by atoms with Crippen LogP contribution in [-0.2, 0) is 4.79 Å². The van der Waals surface area contributed by atoms with E-state index in [1.54, 1.807) is 0 Å². The topological polar surface area (TPSA) is 58.4 Å². The molecule has 0 aromatic heterocycles. The second-order valence-corrected chi connectivity index (χ2v) is 5.48. The molecule has 1 amide bonds. The number of likely N-dealkylation sites (tertiary alicyclic amines) is 1. The third-order valence-corrected chi connectivity index (χ3v) is 3.50. The molecule has 1 saturated heterocycles. The molecule has 1 fully saturated rings. The molecule has 4 heteroatoms. The van der Waals surface area contributed by atoms with Crippen molar-refractivity contribution in [2.24, 2.45) is 5.73 Å². The van der Waals surface area contributed by atoms with Gasteiger partial charge in [-0.1, -0.05) is 12.8 Å². The van der Waals surface area contributed by atoms with Crippen LogP contribution in [0.3, 0.4) is 0 Å². The molecule has 3 N–H and O–H groups in total. The van der Waals surface area contributed by atoms with Gasteiger partial charge in [-0.2, -0.15) is 0 Å². The number of hydrogen-bond donors (Lipinski definition) is 2. The molecule has 1 atom stereocenters. The lowest BCUT2D eigenvalue weighted by molar-refractivity contribution is -0.121. The zero-order valence-corrected chi connectivity index (χ0v) is 11.8. The fraction of sp³-hybridized carbons (Fsp3) is 0.929. The van der Waals surface area contributed by atoms with Crippen LogP contribution in [0.1, 0.15) is 51.9 Å². The first kappa shape index (κ1) is 15.4. The van der Waals surface area contributed by atoms with E-state index in [4.69, 9.17) is 5.73 Å². The minimum absolute atomic E-state index is 0.118. The minimum atomic E-state index is 0.118. The van der Waals surface area contributed by atoms with Crippen LogP contribution >= 0.6 is 0 Å². The SMILES string of the molecule is CC(N)CCC(=O)NCCCN1CCCCCC1. The number of amides is 1. The zero-order chi connectivity index (χ0) is 13.2. The molecule has 1 unspecified atom stereocenters. The van der Waals surface area contributed by atoms with E-state index < -0.39 is 0 Å². The van der Waals surface area contributed by atoms with Crippen molar-refractivity contribution in [2.45, 2.75) is 57.9 Å². The molecule has 18 heavy (non-hydrogen) atoms. The Morgan fingerprint density at radius 2 is 1.94 bits per heavy atom. The van der Waals surface area contributed by atoms with Crippen molar-refractivity contribution in [3.63, 3.8) is 0 Å². The Morgan fingerprint density at radius 3 is 2.56 bits per heavy atom. The van der Waals surface area contributed by atoms with E-state index in [0.717, 1.165) is 25.9 Å². The molecule has 1 aliphatic heterocycles. The molecule has 0 aromatic rings. The highest BCUT2D eigenvalue weighted by Gasteiger charge is 2.08. The average molecular weight is 255 g/mol. The molecule has 0 radical (unpaired) electrons. The maximum atomic E-state index is 11.5. The van der Waals surface area contributed by atoms with Gasteiger partial charge in [0.2, 0.25) is 5.91 Å². The number of nitrogens with one attached hydrogen (secondary N) is 1. The predicted molar refractivity (Wildman–Crippen MR) is 75.4 cm³/mol. The minimum Gasteiger partial charge on any atom is -0.356 e. The molecule has 0 spiro atoms. The molecule has 1 rings (SSSR count). The highest BCUT2D eigenvalue weighted by molar-refractivity contribution is 5.75. The van der Waals surface area contributed by atoms with Crippen LogP contribution in [0.4, 0.5) is 0 Å². The van der Waals surface area contributed by atoms with Crippen LogP contribution < -0.4 is 11.1 Å². The van der Waals surface area contributed by atoms with Gasteiger partial charge in [0.1, 0.15) is 0 Å². The van der Waals surface area contributed by atoms with Crippen LogP contribution in [0, 0.1) is 0 Å². The Labute approximate surface area is 111 Å². The number of hydrogen-bond acceptors (Lipinski definition) is 3. The van der Waals surface area contributed by atoms with E-state index in [9.17, 15) is 4.79 Å². The molecule has 4 nitrogen and oxygen atoms in total. The van der Waals surface area contributed by atoms with Crippen molar-refractivity contribution in [2.75, 3.05) is 26.2 Å². The summed E-state index contributed by atoms with van der Waals surface area (Å²) in [6.07, 6.45) is 7.82. The Bertz CT molecular complexity index is 223. The van der Waals surface area contributed by atoms with E-state index in [0.29, 0.717) is 6.42 Å². The molecule has 0 bridgehead atoms. The number of nitrogens with two attached hydrogens (primary N) is 1. The summed E-state index contributed by atoms with van der Waals surface area (Å²) in [7, 11) is 0. The van der Waals surface area contributed by atoms with Gasteiger partial charge < -0.3 is 16.0 Å².